The third-order valence-corrected chi connectivity index (χ3v) is 9.54. The van der Waals surface area contributed by atoms with Crippen LogP contribution in [-0.2, 0) is 11.3 Å². The van der Waals surface area contributed by atoms with Gasteiger partial charge < -0.3 is 19.9 Å². The van der Waals surface area contributed by atoms with E-state index < -0.39 is 0 Å². The summed E-state index contributed by atoms with van der Waals surface area (Å²) in [6.45, 7) is 2.23. The summed E-state index contributed by atoms with van der Waals surface area (Å²) in [6, 6.07) is 19.3. The summed E-state index contributed by atoms with van der Waals surface area (Å²) in [7, 11) is 5.35. The van der Waals surface area contributed by atoms with Crippen LogP contribution in [0.25, 0.3) is 21.2 Å². The summed E-state index contributed by atoms with van der Waals surface area (Å²) in [5.41, 5.74) is 4.41. The van der Waals surface area contributed by atoms with E-state index in [1.165, 1.54) is 22.3 Å². The summed E-state index contributed by atoms with van der Waals surface area (Å²) in [5.74, 6) is 0.354. The van der Waals surface area contributed by atoms with Gasteiger partial charge in [0, 0.05) is 47.0 Å². The Balaban J connectivity index is 1.52. The number of thiophene rings is 1. The van der Waals surface area contributed by atoms with Crippen LogP contribution in [0.4, 0.5) is 10.1 Å². The number of methoxy groups -OCH3 is 1. The summed E-state index contributed by atoms with van der Waals surface area (Å²) in [6.07, 6.45) is 4.54. The molecule has 1 aliphatic carbocycles. The largest absolute Gasteiger partial charge is 0.496 e. The Morgan fingerprint density at radius 3 is 2.41 bits per heavy atom. The minimum Gasteiger partial charge on any atom is -0.496 e. The number of carbonyl (C=O) groups excluding carboxylic acids is 2. The zero-order chi connectivity index (χ0) is 29.1. The van der Waals surface area contributed by atoms with Crippen molar-refractivity contribution in [3.8, 4) is 16.9 Å². The molecule has 0 atom stereocenters. The summed E-state index contributed by atoms with van der Waals surface area (Å²) in [4.78, 5) is 29.5. The number of hydrogen-bond acceptors (Lipinski definition) is 5. The zero-order valence-electron chi connectivity index (χ0n) is 23.9. The molecule has 8 heteroatoms. The number of aryl methyl sites for hydroxylation is 1. The normalized spacial score (nSPS) is 16.9. The molecule has 0 saturated heterocycles. The van der Waals surface area contributed by atoms with Gasteiger partial charge in [-0.1, -0.05) is 24.3 Å². The third kappa shape index (κ3) is 5.85. The minimum absolute atomic E-state index is 0.0630. The Morgan fingerprint density at radius 2 is 1.78 bits per heavy atom. The van der Waals surface area contributed by atoms with Gasteiger partial charge in [0.1, 0.15) is 11.6 Å². The van der Waals surface area contributed by atoms with Crippen LogP contribution in [0, 0.1) is 12.7 Å². The predicted octanol–water partition coefficient (Wildman–Crippen LogP) is 6.79. The second-order valence-corrected chi connectivity index (χ2v) is 11.7. The minimum atomic E-state index is -0.295. The van der Waals surface area contributed by atoms with Crippen LogP contribution in [0.2, 0.25) is 0 Å². The van der Waals surface area contributed by atoms with E-state index in [0.29, 0.717) is 34.2 Å². The molecule has 1 aromatic heterocycles. The highest BCUT2D eigenvalue weighted by atomic mass is 32.1. The smallest absolute Gasteiger partial charge is 0.264 e. The van der Waals surface area contributed by atoms with Crippen molar-refractivity contribution in [2.75, 3.05) is 26.1 Å². The lowest BCUT2D eigenvalue weighted by Crippen LogP contribution is -2.44. The van der Waals surface area contributed by atoms with Crippen LogP contribution >= 0.6 is 11.3 Å². The maximum absolute atomic E-state index is 14.7. The molecule has 0 spiro atoms. The van der Waals surface area contributed by atoms with Gasteiger partial charge in [0.05, 0.1) is 12.0 Å². The van der Waals surface area contributed by atoms with Crippen LogP contribution in [0.15, 0.2) is 60.7 Å². The first-order valence-corrected chi connectivity index (χ1v) is 14.8. The molecule has 6 nitrogen and oxygen atoms in total. The zero-order valence-corrected chi connectivity index (χ0v) is 24.8. The van der Waals surface area contributed by atoms with E-state index >= 15 is 0 Å². The SMILES string of the molecule is CN[C@H]1CC[C@H](N(Cc2cc(-c3ccc(N(C)C=O)cc3)ccc2OC)C(=O)c2sc3cccc(F)c3c2C)CC1. The first kappa shape index (κ1) is 28.8. The number of benzene rings is 3. The Bertz CT molecular complexity index is 1540. The molecule has 5 rings (SSSR count). The number of rotatable bonds is 9. The van der Waals surface area contributed by atoms with Crippen LogP contribution in [0.3, 0.4) is 0 Å². The van der Waals surface area contributed by atoms with Gasteiger partial charge in [0.2, 0.25) is 6.41 Å². The van der Waals surface area contributed by atoms with E-state index in [4.69, 9.17) is 4.74 Å². The molecule has 1 fully saturated rings. The van der Waals surface area contributed by atoms with Crippen LogP contribution in [-0.4, -0.2) is 50.5 Å². The van der Waals surface area contributed by atoms with E-state index in [1.807, 2.05) is 61.3 Å². The highest BCUT2D eigenvalue weighted by Gasteiger charge is 2.32. The van der Waals surface area contributed by atoms with Crippen molar-refractivity contribution in [3.05, 3.63) is 82.5 Å². The molecule has 41 heavy (non-hydrogen) atoms. The lowest BCUT2D eigenvalue weighted by atomic mass is 9.89. The van der Waals surface area contributed by atoms with Crippen molar-refractivity contribution in [2.24, 2.45) is 0 Å². The number of halogens is 1. The summed E-state index contributed by atoms with van der Waals surface area (Å²) >= 11 is 1.37. The quantitative estimate of drug-likeness (QED) is 0.224. The van der Waals surface area contributed by atoms with Gasteiger partial charge in [0.15, 0.2) is 0 Å². The van der Waals surface area contributed by atoms with Gasteiger partial charge in [-0.05, 0) is 92.7 Å². The van der Waals surface area contributed by atoms with Crippen molar-refractivity contribution < 1.29 is 18.7 Å². The van der Waals surface area contributed by atoms with Gasteiger partial charge in [-0.3, -0.25) is 9.59 Å². The number of anilines is 1. The van der Waals surface area contributed by atoms with E-state index in [2.05, 4.69) is 11.4 Å². The highest BCUT2D eigenvalue weighted by Crippen LogP contribution is 2.37. The average molecular weight is 574 g/mol. The lowest BCUT2D eigenvalue weighted by Gasteiger charge is -2.37. The van der Waals surface area contributed by atoms with Crippen LogP contribution < -0.4 is 15.0 Å². The van der Waals surface area contributed by atoms with Gasteiger partial charge in [-0.15, -0.1) is 11.3 Å². The number of amides is 2. The number of fused-ring (bicyclic) bond motifs is 1. The molecule has 1 heterocycles. The van der Waals surface area contributed by atoms with E-state index in [9.17, 15) is 14.0 Å². The summed E-state index contributed by atoms with van der Waals surface area (Å²) in [5, 5.41) is 3.91. The van der Waals surface area contributed by atoms with Crippen LogP contribution in [0.5, 0.6) is 5.75 Å². The fourth-order valence-electron chi connectivity index (χ4n) is 5.85. The standard InChI is InChI=1S/C33H36FN3O3S/c1-21-31-28(34)6-5-7-30(31)41-32(21)33(39)37(27-15-11-25(35-2)12-16-27)19-24-18-23(10-17-29(24)40-4)22-8-13-26(14-9-22)36(3)20-38/h5-10,13-14,17-18,20,25,27,35H,11-12,15-16,19H2,1-4H3/t25-,27-. The third-order valence-electron chi connectivity index (χ3n) is 8.29. The number of ether oxygens (including phenoxy) is 1. The van der Waals surface area contributed by atoms with Crippen molar-refractivity contribution in [1.29, 1.82) is 0 Å². The first-order valence-electron chi connectivity index (χ1n) is 14.0. The molecule has 0 bridgehead atoms. The molecular weight excluding hydrogens is 537 g/mol. The van der Waals surface area contributed by atoms with E-state index in [-0.39, 0.29) is 17.8 Å². The second kappa shape index (κ2) is 12.4. The molecular formula is C33H36FN3O3S. The van der Waals surface area contributed by atoms with Crippen molar-refractivity contribution in [1.82, 2.24) is 10.2 Å². The van der Waals surface area contributed by atoms with Gasteiger partial charge in [-0.25, -0.2) is 4.39 Å². The maximum atomic E-state index is 14.7. The first-order chi connectivity index (χ1) is 19.8. The predicted molar refractivity (Wildman–Crippen MR) is 164 cm³/mol. The molecule has 1 N–H and O–H groups in total. The Labute approximate surface area is 244 Å². The maximum Gasteiger partial charge on any atom is 0.264 e. The number of hydrogen-bond donors (Lipinski definition) is 1. The summed E-state index contributed by atoms with van der Waals surface area (Å²) < 4.78 is 21.3. The van der Waals surface area contributed by atoms with Gasteiger partial charge >= 0.3 is 0 Å². The molecule has 4 aromatic rings. The highest BCUT2D eigenvalue weighted by molar-refractivity contribution is 7.21. The molecule has 0 radical (unpaired) electrons. The van der Waals surface area contributed by atoms with Crippen molar-refractivity contribution in [2.45, 2.75) is 51.2 Å². The molecule has 3 aromatic carbocycles. The monoisotopic (exact) mass is 573 g/mol. The van der Waals surface area contributed by atoms with Crippen molar-refractivity contribution >= 4 is 39.4 Å². The van der Waals surface area contributed by atoms with E-state index in [1.54, 1.807) is 20.2 Å². The number of nitrogens with one attached hydrogen (secondary N) is 1. The number of nitrogens with zero attached hydrogens (tertiary/aromatic N) is 2. The molecule has 1 aliphatic rings. The molecule has 1 saturated carbocycles. The van der Waals surface area contributed by atoms with E-state index in [0.717, 1.165) is 59.2 Å². The van der Waals surface area contributed by atoms with Gasteiger partial charge in [0.25, 0.3) is 5.91 Å². The topological polar surface area (TPSA) is 61.9 Å². The number of carbonyl (C=O) groups is 2. The Kier molecular flexibility index (Phi) is 8.71. The van der Waals surface area contributed by atoms with Gasteiger partial charge in [-0.2, -0.15) is 0 Å². The molecule has 214 valence electrons. The fourth-order valence-corrected chi connectivity index (χ4v) is 7.02. The fraction of sp³-hybridized carbons (Fsp3) is 0.333. The molecule has 2 amide bonds. The second-order valence-electron chi connectivity index (χ2n) is 10.7. The average Bonchev–Trinajstić information content (AvgIpc) is 3.36. The lowest BCUT2D eigenvalue weighted by molar-refractivity contribution is -0.107. The molecule has 0 unspecified atom stereocenters. The Hall–Kier alpha value is -3.75. The van der Waals surface area contributed by atoms with Crippen LogP contribution in [0.1, 0.15) is 46.5 Å². The van der Waals surface area contributed by atoms with Crippen molar-refractivity contribution in [3.63, 3.8) is 0 Å². The Morgan fingerprint density at radius 1 is 1.07 bits per heavy atom. The molecule has 0 aliphatic heterocycles.